The molecule has 8 nitrogen and oxygen atoms in total. The predicted molar refractivity (Wildman–Crippen MR) is 103 cm³/mol. The summed E-state index contributed by atoms with van der Waals surface area (Å²) in [7, 11) is 0. The first-order chi connectivity index (χ1) is 13.4. The van der Waals surface area contributed by atoms with Crippen molar-refractivity contribution < 1.29 is 14.3 Å². The lowest BCUT2D eigenvalue weighted by Gasteiger charge is -2.12. The lowest BCUT2D eigenvalue weighted by molar-refractivity contribution is -0.133. The van der Waals surface area contributed by atoms with Gasteiger partial charge in [0.05, 0.1) is 6.42 Å². The van der Waals surface area contributed by atoms with E-state index >= 15 is 0 Å². The van der Waals surface area contributed by atoms with Gasteiger partial charge in [0.15, 0.2) is 5.65 Å². The number of rotatable bonds is 3. The van der Waals surface area contributed by atoms with E-state index < -0.39 is 5.97 Å². The van der Waals surface area contributed by atoms with Crippen LogP contribution < -0.4 is 15.6 Å². The summed E-state index contributed by atoms with van der Waals surface area (Å²) in [4.78, 5) is 40.1. The Balaban J connectivity index is 1.55. The number of hydrogen-bond acceptors (Lipinski definition) is 5. The number of hydrogen-bond donors (Lipinski definition) is 2. The molecule has 0 bridgehead atoms. The number of ether oxygens (including phenoxy) is 1. The fourth-order valence-electron chi connectivity index (χ4n) is 3.54. The van der Waals surface area contributed by atoms with Crippen molar-refractivity contribution in [3.8, 4) is 5.75 Å². The molecule has 3 heterocycles. The number of aromatic nitrogens is 3. The van der Waals surface area contributed by atoms with Crippen molar-refractivity contribution in [1.82, 2.24) is 14.6 Å². The topological polar surface area (TPSA) is 106 Å². The van der Waals surface area contributed by atoms with Gasteiger partial charge in [0, 0.05) is 35.1 Å². The van der Waals surface area contributed by atoms with Crippen molar-refractivity contribution in [2.75, 3.05) is 5.32 Å². The van der Waals surface area contributed by atoms with E-state index in [1.165, 1.54) is 6.07 Å². The molecule has 3 aromatic rings. The standard InChI is InChI=1S/C20H20N4O4/c1-11-15(12(2)24-17(21-11)10-19(26)23-24)9-20(27)28-14-6-7-16-13(8-14)4-3-5-18(25)22-16/h6-8,10H,3-5,9H2,1-2H3,(H,22,25)(H,23,26). The molecule has 0 fully saturated rings. The molecule has 0 radical (unpaired) electrons. The van der Waals surface area contributed by atoms with Gasteiger partial charge >= 0.3 is 5.97 Å². The summed E-state index contributed by atoms with van der Waals surface area (Å²) in [5.74, 6) is 0.0264. The third-order valence-corrected chi connectivity index (χ3v) is 4.96. The molecule has 1 aliphatic rings. The van der Waals surface area contributed by atoms with Crippen LogP contribution in [0.4, 0.5) is 5.69 Å². The molecule has 144 valence electrons. The maximum absolute atomic E-state index is 12.5. The van der Waals surface area contributed by atoms with E-state index in [4.69, 9.17) is 4.74 Å². The van der Waals surface area contributed by atoms with Crippen molar-refractivity contribution in [1.29, 1.82) is 0 Å². The van der Waals surface area contributed by atoms with Crippen LogP contribution in [0.1, 0.15) is 35.4 Å². The molecule has 0 spiro atoms. The summed E-state index contributed by atoms with van der Waals surface area (Å²) in [6, 6.07) is 6.64. The molecule has 4 rings (SSSR count). The van der Waals surface area contributed by atoms with Crippen molar-refractivity contribution in [3.63, 3.8) is 0 Å². The predicted octanol–water partition coefficient (Wildman–Crippen LogP) is 2.06. The zero-order chi connectivity index (χ0) is 19.8. The van der Waals surface area contributed by atoms with Gasteiger partial charge in [0.1, 0.15) is 5.75 Å². The van der Waals surface area contributed by atoms with Crippen LogP contribution in [0, 0.1) is 13.8 Å². The number of amides is 1. The molecule has 0 unspecified atom stereocenters. The number of nitrogens with zero attached hydrogens (tertiary/aromatic N) is 2. The third kappa shape index (κ3) is 3.40. The molecule has 0 aliphatic carbocycles. The molecular weight excluding hydrogens is 360 g/mol. The van der Waals surface area contributed by atoms with E-state index in [0.717, 1.165) is 29.8 Å². The average Bonchev–Trinajstić information content (AvgIpc) is 2.90. The Morgan fingerprint density at radius 2 is 2.04 bits per heavy atom. The van der Waals surface area contributed by atoms with Crippen molar-refractivity contribution >= 4 is 23.2 Å². The number of H-pyrrole nitrogens is 1. The van der Waals surface area contributed by atoms with Crippen molar-refractivity contribution in [3.05, 3.63) is 57.1 Å². The highest BCUT2D eigenvalue weighted by Crippen LogP contribution is 2.27. The maximum Gasteiger partial charge on any atom is 0.315 e. The average molecular weight is 380 g/mol. The second-order valence-corrected chi connectivity index (χ2v) is 6.95. The maximum atomic E-state index is 12.5. The molecule has 2 N–H and O–H groups in total. The number of aromatic amines is 1. The number of esters is 1. The second kappa shape index (κ2) is 6.95. The van der Waals surface area contributed by atoms with Gasteiger partial charge in [-0.05, 0) is 50.5 Å². The number of carbonyl (C=O) groups is 2. The molecule has 0 atom stereocenters. The van der Waals surface area contributed by atoms with E-state index in [0.29, 0.717) is 29.1 Å². The van der Waals surface area contributed by atoms with Crippen LogP contribution in [0.5, 0.6) is 5.75 Å². The van der Waals surface area contributed by atoms with Gasteiger partial charge in [-0.15, -0.1) is 0 Å². The van der Waals surface area contributed by atoms with Crippen molar-refractivity contribution in [2.45, 2.75) is 39.5 Å². The minimum Gasteiger partial charge on any atom is -0.426 e. The first-order valence-electron chi connectivity index (χ1n) is 9.12. The minimum atomic E-state index is -0.417. The van der Waals surface area contributed by atoms with E-state index in [9.17, 15) is 14.4 Å². The lowest BCUT2D eigenvalue weighted by Crippen LogP contribution is -2.16. The molecule has 1 aliphatic heterocycles. The smallest absolute Gasteiger partial charge is 0.315 e. The highest BCUT2D eigenvalue weighted by molar-refractivity contribution is 5.92. The number of aryl methyl sites for hydroxylation is 3. The van der Waals surface area contributed by atoms with E-state index in [1.807, 2.05) is 6.92 Å². The highest BCUT2D eigenvalue weighted by Gasteiger charge is 2.17. The largest absolute Gasteiger partial charge is 0.426 e. The summed E-state index contributed by atoms with van der Waals surface area (Å²) in [5, 5.41) is 5.53. The Morgan fingerprint density at radius 3 is 2.86 bits per heavy atom. The van der Waals surface area contributed by atoms with Crippen LogP contribution in [-0.4, -0.2) is 26.5 Å². The van der Waals surface area contributed by atoms with Crippen LogP contribution in [0.15, 0.2) is 29.1 Å². The van der Waals surface area contributed by atoms with Crippen LogP contribution in [0.3, 0.4) is 0 Å². The van der Waals surface area contributed by atoms with Gasteiger partial charge in [0.2, 0.25) is 5.91 Å². The highest BCUT2D eigenvalue weighted by atomic mass is 16.5. The third-order valence-electron chi connectivity index (χ3n) is 4.96. The summed E-state index contributed by atoms with van der Waals surface area (Å²) in [6.07, 6.45) is 2.03. The van der Waals surface area contributed by atoms with Gasteiger partial charge in [0.25, 0.3) is 5.56 Å². The molecule has 1 amide bonds. The van der Waals surface area contributed by atoms with E-state index in [-0.39, 0.29) is 17.9 Å². The minimum absolute atomic E-state index is 0.000362. The Kier molecular flexibility index (Phi) is 4.46. The van der Waals surface area contributed by atoms with Gasteiger partial charge in [-0.3, -0.25) is 19.5 Å². The van der Waals surface area contributed by atoms with Crippen LogP contribution in [0.2, 0.25) is 0 Å². The first-order valence-corrected chi connectivity index (χ1v) is 9.12. The van der Waals surface area contributed by atoms with Crippen molar-refractivity contribution in [2.24, 2.45) is 0 Å². The quantitative estimate of drug-likeness (QED) is 0.534. The fourth-order valence-corrected chi connectivity index (χ4v) is 3.54. The molecule has 0 saturated heterocycles. The monoisotopic (exact) mass is 380 g/mol. The van der Waals surface area contributed by atoms with Gasteiger partial charge in [-0.1, -0.05) is 0 Å². The molecule has 0 saturated carbocycles. The van der Waals surface area contributed by atoms with Crippen LogP contribution in [0.25, 0.3) is 5.65 Å². The zero-order valence-electron chi connectivity index (χ0n) is 15.7. The van der Waals surface area contributed by atoms with Crippen LogP contribution in [-0.2, 0) is 22.4 Å². The first kappa shape index (κ1) is 18.0. The summed E-state index contributed by atoms with van der Waals surface area (Å²) >= 11 is 0. The molecule has 8 heteroatoms. The number of benzene rings is 1. The number of fused-ring (bicyclic) bond motifs is 2. The lowest BCUT2D eigenvalue weighted by atomic mass is 10.1. The summed E-state index contributed by atoms with van der Waals surface area (Å²) < 4.78 is 7.09. The summed E-state index contributed by atoms with van der Waals surface area (Å²) in [5.41, 5.74) is 4.13. The molecule has 2 aromatic heterocycles. The van der Waals surface area contributed by atoms with Gasteiger partial charge in [-0.2, -0.15) is 0 Å². The molecule has 28 heavy (non-hydrogen) atoms. The zero-order valence-corrected chi connectivity index (χ0v) is 15.7. The van der Waals surface area contributed by atoms with E-state index in [2.05, 4.69) is 15.4 Å². The Hall–Kier alpha value is -3.42. The van der Waals surface area contributed by atoms with E-state index in [1.54, 1.807) is 29.6 Å². The Labute approximate surface area is 160 Å². The van der Waals surface area contributed by atoms with Crippen LogP contribution >= 0.6 is 0 Å². The van der Waals surface area contributed by atoms with Gasteiger partial charge in [-0.25, -0.2) is 9.50 Å². The normalized spacial score (nSPS) is 13.7. The number of nitrogens with one attached hydrogen (secondary N) is 2. The Morgan fingerprint density at radius 1 is 1.21 bits per heavy atom. The number of anilines is 1. The SMILES string of the molecule is Cc1nc2cc(=O)[nH]n2c(C)c1CC(=O)Oc1ccc2c(c1)CCCC(=O)N2. The Bertz CT molecular complexity index is 1160. The molecule has 1 aromatic carbocycles. The second-order valence-electron chi connectivity index (χ2n) is 6.95. The van der Waals surface area contributed by atoms with Gasteiger partial charge < -0.3 is 10.1 Å². The molecular formula is C20H20N4O4. The summed E-state index contributed by atoms with van der Waals surface area (Å²) in [6.45, 7) is 3.63. The fraction of sp³-hybridized carbons (Fsp3) is 0.300. The number of carbonyl (C=O) groups excluding carboxylic acids is 2.